The lowest BCUT2D eigenvalue weighted by Crippen LogP contribution is -2.57. The van der Waals surface area contributed by atoms with Gasteiger partial charge in [-0.15, -0.1) is 0 Å². The molecule has 8 nitrogen and oxygen atoms in total. The molecule has 30 heavy (non-hydrogen) atoms. The number of para-hydroxylation sites is 1. The van der Waals surface area contributed by atoms with Crippen molar-refractivity contribution in [2.24, 2.45) is 0 Å². The van der Waals surface area contributed by atoms with Crippen molar-refractivity contribution in [1.29, 1.82) is 0 Å². The molecule has 3 aromatic rings. The van der Waals surface area contributed by atoms with Crippen molar-refractivity contribution >= 4 is 11.7 Å². The Balaban J connectivity index is 1.36. The molecular formula is C22H25N5O3. The second-order valence-electron chi connectivity index (χ2n) is 7.37. The van der Waals surface area contributed by atoms with E-state index in [-0.39, 0.29) is 24.3 Å². The second-order valence-corrected chi connectivity index (χ2v) is 7.37. The molecule has 1 saturated heterocycles. The van der Waals surface area contributed by atoms with Gasteiger partial charge in [-0.1, -0.05) is 18.2 Å². The highest BCUT2D eigenvalue weighted by Crippen LogP contribution is 2.13. The second kappa shape index (κ2) is 9.06. The molecule has 0 aliphatic carbocycles. The summed E-state index contributed by atoms with van der Waals surface area (Å²) in [5.74, 6) is -0.171. The topological polar surface area (TPSA) is 92.4 Å². The Morgan fingerprint density at radius 1 is 1.27 bits per heavy atom. The number of furan rings is 1. The Morgan fingerprint density at radius 3 is 2.87 bits per heavy atom. The zero-order chi connectivity index (χ0) is 20.9. The van der Waals surface area contributed by atoms with E-state index in [1.54, 1.807) is 6.07 Å². The summed E-state index contributed by atoms with van der Waals surface area (Å²) in [6.07, 6.45) is 2.93. The molecule has 0 bridgehead atoms. The molecule has 1 unspecified atom stereocenters. The minimum atomic E-state index is -0.387. The molecule has 0 radical (unpaired) electrons. The van der Waals surface area contributed by atoms with Crippen LogP contribution < -0.4 is 10.6 Å². The molecule has 1 aromatic carbocycles. The Hall–Kier alpha value is -3.23. The van der Waals surface area contributed by atoms with Gasteiger partial charge in [0.1, 0.15) is 6.26 Å². The van der Waals surface area contributed by atoms with Crippen LogP contribution in [0.4, 0.5) is 0 Å². The first kappa shape index (κ1) is 20.1. The Morgan fingerprint density at radius 2 is 2.10 bits per heavy atom. The van der Waals surface area contributed by atoms with Crippen LogP contribution in [0.3, 0.4) is 0 Å². The molecule has 156 valence electrons. The monoisotopic (exact) mass is 407 g/mol. The third-order valence-electron chi connectivity index (χ3n) is 5.21. The summed E-state index contributed by atoms with van der Waals surface area (Å²) in [5, 5.41) is 10.7. The summed E-state index contributed by atoms with van der Waals surface area (Å²) in [6, 6.07) is 13.1. The fraction of sp³-hybridized carbons (Fsp3) is 0.318. The number of amides is 1. The molecule has 2 N–H and O–H groups in total. The average molecular weight is 407 g/mol. The van der Waals surface area contributed by atoms with E-state index in [2.05, 4.69) is 15.7 Å². The predicted octanol–water partition coefficient (Wildman–Crippen LogP) is 1.55. The summed E-state index contributed by atoms with van der Waals surface area (Å²) in [5.41, 5.74) is 3.29. The zero-order valence-corrected chi connectivity index (χ0v) is 16.9. The van der Waals surface area contributed by atoms with Gasteiger partial charge in [0.2, 0.25) is 5.91 Å². The minimum Gasteiger partial charge on any atom is -0.472 e. The largest absolute Gasteiger partial charge is 0.472 e. The number of nitrogens with one attached hydrogen (secondary N) is 2. The standard InChI is InChI=1S/C22H25N5O3/c1-16-11-18(25-27(16)19-5-3-2-4-6-19)12-24-21(28)14-26-9-8-23-13-20(26)22(29)17-7-10-30-15-17/h2-7,10-11,15,20,23H,8-9,12-14H2,1H3,(H,24,28). The van der Waals surface area contributed by atoms with Gasteiger partial charge < -0.3 is 15.1 Å². The molecule has 2 aromatic heterocycles. The zero-order valence-electron chi connectivity index (χ0n) is 16.9. The number of piperazine rings is 1. The molecule has 1 atom stereocenters. The van der Waals surface area contributed by atoms with Crippen molar-refractivity contribution in [3.05, 3.63) is 71.9 Å². The number of Topliss-reactive ketones (excluding diaryl/α,β-unsaturated/α-hetero) is 1. The van der Waals surface area contributed by atoms with Crippen LogP contribution in [0.25, 0.3) is 5.69 Å². The lowest BCUT2D eigenvalue weighted by molar-refractivity contribution is -0.122. The number of rotatable bonds is 7. The van der Waals surface area contributed by atoms with Gasteiger partial charge in [-0.3, -0.25) is 14.5 Å². The summed E-state index contributed by atoms with van der Waals surface area (Å²) in [6.45, 7) is 4.36. The van der Waals surface area contributed by atoms with Crippen LogP contribution in [0.2, 0.25) is 0 Å². The van der Waals surface area contributed by atoms with Crippen molar-refractivity contribution in [1.82, 2.24) is 25.3 Å². The molecule has 4 rings (SSSR count). The normalized spacial score (nSPS) is 17.0. The highest BCUT2D eigenvalue weighted by atomic mass is 16.3. The Bertz CT molecular complexity index is 997. The number of aromatic nitrogens is 2. The number of hydrogen-bond donors (Lipinski definition) is 2. The van der Waals surface area contributed by atoms with E-state index in [1.807, 2.05) is 52.9 Å². The van der Waals surface area contributed by atoms with E-state index in [9.17, 15) is 9.59 Å². The van der Waals surface area contributed by atoms with Crippen molar-refractivity contribution < 1.29 is 14.0 Å². The van der Waals surface area contributed by atoms with Crippen molar-refractivity contribution in [3.8, 4) is 5.69 Å². The minimum absolute atomic E-state index is 0.0408. The first-order chi connectivity index (χ1) is 14.6. The average Bonchev–Trinajstić information content (AvgIpc) is 3.43. The number of benzene rings is 1. The third kappa shape index (κ3) is 4.50. The van der Waals surface area contributed by atoms with Crippen LogP contribution in [-0.2, 0) is 11.3 Å². The molecule has 1 aliphatic rings. The van der Waals surface area contributed by atoms with Gasteiger partial charge in [0.05, 0.1) is 42.3 Å². The SMILES string of the molecule is Cc1cc(CNC(=O)CN2CCNCC2C(=O)c2ccoc2)nn1-c1ccccc1. The lowest BCUT2D eigenvalue weighted by atomic mass is 10.0. The van der Waals surface area contributed by atoms with Crippen molar-refractivity contribution in [2.45, 2.75) is 19.5 Å². The van der Waals surface area contributed by atoms with E-state index < -0.39 is 0 Å². The van der Waals surface area contributed by atoms with Crippen LogP contribution in [0.5, 0.6) is 0 Å². The summed E-state index contributed by atoms with van der Waals surface area (Å²) in [4.78, 5) is 27.2. The first-order valence-electron chi connectivity index (χ1n) is 10.0. The van der Waals surface area contributed by atoms with Gasteiger partial charge in [-0.25, -0.2) is 4.68 Å². The first-order valence-corrected chi connectivity index (χ1v) is 10.0. The van der Waals surface area contributed by atoms with E-state index in [1.165, 1.54) is 12.5 Å². The number of carbonyl (C=O) groups excluding carboxylic acids is 2. The van der Waals surface area contributed by atoms with Crippen LogP contribution in [-0.4, -0.2) is 58.6 Å². The summed E-state index contributed by atoms with van der Waals surface area (Å²) in [7, 11) is 0. The summed E-state index contributed by atoms with van der Waals surface area (Å²) >= 11 is 0. The van der Waals surface area contributed by atoms with Gasteiger partial charge in [-0.05, 0) is 31.2 Å². The maximum Gasteiger partial charge on any atom is 0.234 e. The molecule has 0 spiro atoms. The van der Waals surface area contributed by atoms with E-state index in [4.69, 9.17) is 4.42 Å². The van der Waals surface area contributed by atoms with E-state index in [0.29, 0.717) is 25.2 Å². The third-order valence-corrected chi connectivity index (χ3v) is 5.21. The summed E-state index contributed by atoms with van der Waals surface area (Å²) < 4.78 is 6.88. The number of aryl methyl sites for hydroxylation is 1. The van der Waals surface area contributed by atoms with Gasteiger partial charge in [0.15, 0.2) is 5.78 Å². The number of hydrogen-bond acceptors (Lipinski definition) is 6. The smallest absolute Gasteiger partial charge is 0.234 e. The lowest BCUT2D eigenvalue weighted by Gasteiger charge is -2.34. The molecule has 1 fully saturated rings. The highest BCUT2D eigenvalue weighted by Gasteiger charge is 2.31. The molecule has 1 aliphatic heterocycles. The highest BCUT2D eigenvalue weighted by molar-refractivity contribution is 6.00. The van der Waals surface area contributed by atoms with Crippen molar-refractivity contribution in [2.75, 3.05) is 26.2 Å². The fourth-order valence-corrected chi connectivity index (χ4v) is 3.68. The van der Waals surface area contributed by atoms with Crippen LogP contribution in [0.15, 0.2) is 59.4 Å². The van der Waals surface area contributed by atoms with Gasteiger partial charge in [0.25, 0.3) is 0 Å². The van der Waals surface area contributed by atoms with Crippen LogP contribution in [0, 0.1) is 6.92 Å². The number of ketones is 1. The fourth-order valence-electron chi connectivity index (χ4n) is 3.68. The van der Waals surface area contributed by atoms with Gasteiger partial charge >= 0.3 is 0 Å². The van der Waals surface area contributed by atoms with Gasteiger partial charge in [-0.2, -0.15) is 5.10 Å². The van der Waals surface area contributed by atoms with E-state index >= 15 is 0 Å². The molecular weight excluding hydrogens is 382 g/mol. The Labute approximate surface area is 174 Å². The molecule has 0 saturated carbocycles. The van der Waals surface area contributed by atoms with Crippen LogP contribution in [0.1, 0.15) is 21.7 Å². The maximum absolute atomic E-state index is 12.7. The van der Waals surface area contributed by atoms with Crippen LogP contribution >= 0.6 is 0 Å². The van der Waals surface area contributed by atoms with Crippen molar-refractivity contribution in [3.63, 3.8) is 0 Å². The molecule has 8 heteroatoms. The Kier molecular flexibility index (Phi) is 6.06. The predicted molar refractivity (Wildman–Crippen MR) is 111 cm³/mol. The van der Waals surface area contributed by atoms with Gasteiger partial charge in [0, 0.05) is 25.3 Å². The molecule has 3 heterocycles. The van der Waals surface area contributed by atoms with E-state index in [0.717, 1.165) is 23.6 Å². The quantitative estimate of drug-likeness (QED) is 0.578. The number of carbonyl (C=O) groups is 2. The maximum atomic E-state index is 12.7. The number of nitrogens with zero attached hydrogens (tertiary/aromatic N) is 3. The molecule has 1 amide bonds.